The van der Waals surface area contributed by atoms with E-state index >= 15 is 0 Å². The Morgan fingerprint density at radius 2 is 1.76 bits per heavy atom. The van der Waals surface area contributed by atoms with E-state index in [1.54, 1.807) is 0 Å². The maximum absolute atomic E-state index is 11.5. The second kappa shape index (κ2) is 6.91. The zero-order chi connectivity index (χ0) is 15.4. The SMILES string of the molecule is C1CCC1.COC(=O)c1nc2cc(Cl)c(Cl)cc2[nH]c1=O. The molecule has 112 valence electrons. The van der Waals surface area contributed by atoms with Crippen LogP contribution in [0.3, 0.4) is 0 Å². The van der Waals surface area contributed by atoms with Crippen LogP contribution in [0.2, 0.25) is 10.0 Å². The molecule has 1 aromatic carbocycles. The number of ether oxygens (including phenoxy) is 1. The predicted molar refractivity (Wildman–Crippen MR) is 82.2 cm³/mol. The first kappa shape index (κ1) is 15.8. The van der Waals surface area contributed by atoms with Gasteiger partial charge < -0.3 is 9.72 Å². The second-order valence-electron chi connectivity index (χ2n) is 4.60. The number of fused-ring (bicyclic) bond motifs is 1. The summed E-state index contributed by atoms with van der Waals surface area (Å²) >= 11 is 11.6. The Balaban J connectivity index is 0.000000347. The lowest BCUT2D eigenvalue weighted by atomic mass is 10.0. The standard InChI is InChI=1S/C10H6Cl2N2O3.C4H8/c1-17-10(16)8-9(15)14-7-3-5(12)4(11)2-6(7)13-8;1-2-4-3-1/h2-3H,1H3,(H,14,15);1-4H2. The third-order valence-electron chi connectivity index (χ3n) is 3.11. The lowest BCUT2D eigenvalue weighted by molar-refractivity contribution is 0.0592. The van der Waals surface area contributed by atoms with E-state index in [-0.39, 0.29) is 10.7 Å². The number of benzene rings is 1. The monoisotopic (exact) mass is 328 g/mol. The number of hydrogen-bond acceptors (Lipinski definition) is 4. The van der Waals surface area contributed by atoms with Gasteiger partial charge in [-0.2, -0.15) is 0 Å². The highest BCUT2D eigenvalue weighted by Crippen LogP contribution is 2.25. The van der Waals surface area contributed by atoms with Gasteiger partial charge in [0.05, 0.1) is 28.2 Å². The third kappa shape index (κ3) is 3.74. The quantitative estimate of drug-likeness (QED) is 0.812. The summed E-state index contributed by atoms with van der Waals surface area (Å²) in [5.74, 6) is -0.806. The fourth-order valence-electron chi connectivity index (χ4n) is 1.57. The van der Waals surface area contributed by atoms with Crippen LogP contribution < -0.4 is 5.56 Å². The van der Waals surface area contributed by atoms with Crippen molar-refractivity contribution in [3.8, 4) is 0 Å². The number of hydrogen-bond donors (Lipinski definition) is 1. The number of carbonyl (C=O) groups excluding carboxylic acids is 1. The summed E-state index contributed by atoms with van der Waals surface area (Å²) in [6, 6.07) is 2.93. The molecule has 0 saturated heterocycles. The number of methoxy groups -OCH3 is 1. The fraction of sp³-hybridized carbons (Fsp3) is 0.357. The highest BCUT2D eigenvalue weighted by Gasteiger charge is 2.14. The molecule has 1 aromatic heterocycles. The van der Waals surface area contributed by atoms with E-state index < -0.39 is 11.5 Å². The number of nitrogens with one attached hydrogen (secondary N) is 1. The van der Waals surface area contributed by atoms with Crippen molar-refractivity contribution in [2.24, 2.45) is 0 Å². The van der Waals surface area contributed by atoms with Crippen molar-refractivity contribution in [3.63, 3.8) is 0 Å². The second-order valence-corrected chi connectivity index (χ2v) is 5.42. The Morgan fingerprint density at radius 3 is 2.29 bits per heavy atom. The van der Waals surface area contributed by atoms with Gasteiger partial charge in [0.1, 0.15) is 0 Å². The van der Waals surface area contributed by atoms with E-state index in [1.165, 1.54) is 44.9 Å². The fourth-order valence-corrected chi connectivity index (χ4v) is 1.89. The highest BCUT2D eigenvalue weighted by atomic mass is 35.5. The van der Waals surface area contributed by atoms with E-state index in [1.807, 2.05) is 0 Å². The van der Waals surface area contributed by atoms with Gasteiger partial charge in [0.25, 0.3) is 5.56 Å². The Morgan fingerprint density at radius 1 is 1.19 bits per heavy atom. The summed E-state index contributed by atoms with van der Waals surface area (Å²) in [7, 11) is 1.17. The largest absolute Gasteiger partial charge is 0.464 e. The van der Waals surface area contributed by atoms with Crippen LogP contribution in [0, 0.1) is 0 Å². The van der Waals surface area contributed by atoms with Gasteiger partial charge in [-0.1, -0.05) is 48.9 Å². The molecular formula is C14H14Cl2N2O3. The zero-order valence-corrected chi connectivity index (χ0v) is 12.9. The Bertz CT molecular complexity index is 720. The van der Waals surface area contributed by atoms with E-state index in [0.717, 1.165) is 0 Å². The number of aromatic amines is 1. The van der Waals surface area contributed by atoms with Crippen molar-refractivity contribution in [1.82, 2.24) is 9.97 Å². The molecule has 0 atom stereocenters. The number of halogens is 2. The average molecular weight is 329 g/mol. The summed E-state index contributed by atoms with van der Waals surface area (Å²) < 4.78 is 4.44. The molecule has 5 nitrogen and oxygen atoms in total. The zero-order valence-electron chi connectivity index (χ0n) is 11.4. The van der Waals surface area contributed by atoms with Crippen LogP contribution in [-0.4, -0.2) is 23.0 Å². The minimum Gasteiger partial charge on any atom is -0.464 e. The molecule has 0 spiro atoms. The van der Waals surface area contributed by atoms with E-state index in [9.17, 15) is 9.59 Å². The number of H-pyrrole nitrogens is 1. The summed E-state index contributed by atoms with van der Waals surface area (Å²) in [6.45, 7) is 0. The molecule has 1 fully saturated rings. The van der Waals surface area contributed by atoms with Crippen LogP contribution in [0.1, 0.15) is 36.2 Å². The first-order valence-corrected chi connectivity index (χ1v) is 7.26. The summed E-state index contributed by atoms with van der Waals surface area (Å²) in [5, 5.41) is 0.581. The molecule has 0 bridgehead atoms. The average Bonchev–Trinajstić information content (AvgIpc) is 2.37. The predicted octanol–water partition coefficient (Wildman–Crippen LogP) is 3.58. The van der Waals surface area contributed by atoms with Gasteiger partial charge in [-0.15, -0.1) is 0 Å². The summed E-state index contributed by atoms with van der Waals surface area (Å²) in [5.41, 5.74) is -0.197. The van der Waals surface area contributed by atoms with Gasteiger partial charge in [-0.25, -0.2) is 9.78 Å². The molecular weight excluding hydrogens is 315 g/mol. The maximum atomic E-state index is 11.5. The molecule has 0 amide bonds. The molecule has 1 heterocycles. The normalized spacial score (nSPS) is 13.1. The van der Waals surface area contributed by atoms with Gasteiger partial charge >= 0.3 is 5.97 Å². The van der Waals surface area contributed by atoms with Crippen molar-refractivity contribution in [2.75, 3.05) is 7.11 Å². The highest BCUT2D eigenvalue weighted by molar-refractivity contribution is 6.42. The first-order valence-electron chi connectivity index (χ1n) is 6.50. The lowest BCUT2D eigenvalue weighted by Crippen LogP contribution is -2.21. The van der Waals surface area contributed by atoms with Gasteiger partial charge in [0.15, 0.2) is 0 Å². The number of esters is 1. The molecule has 1 saturated carbocycles. The number of carbonyl (C=O) groups is 1. The van der Waals surface area contributed by atoms with Crippen molar-refractivity contribution in [2.45, 2.75) is 25.7 Å². The summed E-state index contributed by atoms with van der Waals surface area (Å²) in [6.07, 6.45) is 6.00. The Hall–Kier alpha value is -1.59. The minimum absolute atomic E-state index is 0.287. The van der Waals surface area contributed by atoms with E-state index in [2.05, 4.69) is 14.7 Å². The topological polar surface area (TPSA) is 72.0 Å². The molecule has 0 radical (unpaired) electrons. The van der Waals surface area contributed by atoms with Crippen LogP contribution >= 0.6 is 23.2 Å². The van der Waals surface area contributed by atoms with Gasteiger partial charge in [0, 0.05) is 0 Å². The van der Waals surface area contributed by atoms with Crippen LogP contribution in [0.15, 0.2) is 16.9 Å². The third-order valence-corrected chi connectivity index (χ3v) is 3.84. The van der Waals surface area contributed by atoms with Gasteiger partial charge in [0.2, 0.25) is 5.69 Å². The van der Waals surface area contributed by atoms with Crippen molar-refractivity contribution in [3.05, 3.63) is 38.2 Å². The molecule has 21 heavy (non-hydrogen) atoms. The first-order chi connectivity index (χ1) is 10.0. The molecule has 1 aliphatic carbocycles. The number of aromatic nitrogens is 2. The van der Waals surface area contributed by atoms with E-state index in [4.69, 9.17) is 23.2 Å². The molecule has 0 unspecified atom stereocenters. The van der Waals surface area contributed by atoms with Crippen LogP contribution in [0.5, 0.6) is 0 Å². The molecule has 1 aliphatic rings. The lowest BCUT2D eigenvalue weighted by Gasteiger charge is -2.05. The van der Waals surface area contributed by atoms with Gasteiger partial charge in [-0.3, -0.25) is 4.79 Å². The summed E-state index contributed by atoms with van der Waals surface area (Å²) in [4.78, 5) is 29.2. The molecule has 1 N–H and O–H groups in total. The maximum Gasteiger partial charge on any atom is 0.362 e. The molecule has 3 rings (SSSR count). The molecule has 7 heteroatoms. The number of nitrogens with zero attached hydrogens (tertiary/aromatic N) is 1. The Labute approximate surface area is 131 Å². The van der Waals surface area contributed by atoms with Crippen molar-refractivity contribution >= 4 is 40.2 Å². The number of rotatable bonds is 1. The molecule has 0 aliphatic heterocycles. The van der Waals surface area contributed by atoms with Crippen molar-refractivity contribution in [1.29, 1.82) is 0 Å². The van der Waals surface area contributed by atoms with Crippen LogP contribution in [0.25, 0.3) is 11.0 Å². The molecule has 2 aromatic rings. The minimum atomic E-state index is -0.806. The van der Waals surface area contributed by atoms with Gasteiger partial charge in [-0.05, 0) is 12.1 Å². The van der Waals surface area contributed by atoms with Crippen molar-refractivity contribution < 1.29 is 9.53 Å². The smallest absolute Gasteiger partial charge is 0.362 e. The van der Waals surface area contributed by atoms with Crippen LogP contribution in [0.4, 0.5) is 0 Å². The van der Waals surface area contributed by atoms with E-state index in [0.29, 0.717) is 16.1 Å². The Kier molecular flexibility index (Phi) is 5.20. The van der Waals surface area contributed by atoms with Crippen LogP contribution in [-0.2, 0) is 4.74 Å².